The monoisotopic (exact) mass is 635 g/mol. The van der Waals surface area contributed by atoms with Crippen molar-refractivity contribution >= 4 is 21.8 Å². The molecule has 5 rings (SSSR count). The van der Waals surface area contributed by atoms with Crippen LogP contribution in [0.15, 0.2) is 41.7 Å². The number of aryl methyl sites for hydroxylation is 3. The molecule has 1 unspecified atom stereocenters. The Hall–Kier alpha value is -3.52. The van der Waals surface area contributed by atoms with Crippen LogP contribution >= 0.6 is 0 Å². The van der Waals surface area contributed by atoms with Gasteiger partial charge in [-0.2, -0.15) is 18.2 Å². The van der Waals surface area contributed by atoms with Crippen LogP contribution < -0.4 is 4.72 Å². The number of halogens is 3. The van der Waals surface area contributed by atoms with E-state index >= 15 is 0 Å². The zero-order chi connectivity index (χ0) is 31.9. The fourth-order valence-electron chi connectivity index (χ4n) is 6.35. The number of aliphatic hydroxyl groups is 1. The van der Waals surface area contributed by atoms with E-state index in [1.165, 1.54) is 6.92 Å². The lowest BCUT2D eigenvalue weighted by Gasteiger charge is -2.41. The minimum atomic E-state index is -4.83. The van der Waals surface area contributed by atoms with E-state index in [1.54, 1.807) is 28.8 Å². The molecule has 1 saturated carbocycles. The first-order chi connectivity index (χ1) is 20.6. The molecule has 2 N–H and O–H groups in total. The van der Waals surface area contributed by atoms with Crippen molar-refractivity contribution in [2.45, 2.75) is 90.0 Å². The van der Waals surface area contributed by atoms with Crippen molar-refractivity contribution in [3.63, 3.8) is 0 Å². The molecule has 14 heteroatoms. The van der Waals surface area contributed by atoms with Crippen LogP contribution in [-0.2, 0) is 32.4 Å². The minimum Gasteiger partial charge on any atom is -0.512 e. The number of rotatable bonds is 10. The van der Waals surface area contributed by atoms with E-state index in [2.05, 4.69) is 19.8 Å². The summed E-state index contributed by atoms with van der Waals surface area (Å²) >= 11 is 0. The van der Waals surface area contributed by atoms with Crippen LogP contribution in [0, 0.1) is 19.8 Å². The van der Waals surface area contributed by atoms with Gasteiger partial charge in [0.05, 0.1) is 5.57 Å². The number of sulfonamides is 1. The van der Waals surface area contributed by atoms with E-state index in [9.17, 15) is 31.5 Å². The number of nitrogens with zero attached hydrogens (tertiary/aromatic N) is 4. The van der Waals surface area contributed by atoms with E-state index in [0.717, 1.165) is 42.6 Å². The van der Waals surface area contributed by atoms with Crippen LogP contribution in [0.25, 0.3) is 5.78 Å². The van der Waals surface area contributed by atoms with Crippen LogP contribution in [0.4, 0.5) is 13.2 Å². The molecule has 2 aliphatic rings. The third-order valence-corrected chi connectivity index (χ3v) is 9.90. The molecule has 1 aromatic carbocycles. The number of aliphatic hydroxyl groups excluding tert-OH is 1. The molecule has 1 aliphatic carbocycles. The normalized spacial score (nSPS) is 20.8. The number of benzene rings is 1. The van der Waals surface area contributed by atoms with Crippen molar-refractivity contribution in [2.24, 2.45) is 5.92 Å². The second kappa shape index (κ2) is 12.1. The highest BCUT2D eigenvalue weighted by Gasteiger charge is 2.48. The molecule has 0 radical (unpaired) electrons. The van der Waals surface area contributed by atoms with Gasteiger partial charge in [0.15, 0.2) is 11.6 Å². The SMILES string of the molecule is Cc1cc(C)n2nc(CC3=C(O)CC(CCc4ccc([C@@H](C)NS(=O)(=O)CC(F)(F)F)cc4)(C4CCCC4)OC3=O)nc2n1. The first kappa shape index (κ1) is 31.9. The van der Waals surface area contributed by atoms with Gasteiger partial charge in [-0.05, 0) is 69.6 Å². The summed E-state index contributed by atoms with van der Waals surface area (Å²) in [4.78, 5) is 22.2. The van der Waals surface area contributed by atoms with Gasteiger partial charge >= 0.3 is 12.1 Å². The Labute approximate surface area is 253 Å². The Morgan fingerprint density at radius 2 is 1.84 bits per heavy atom. The van der Waals surface area contributed by atoms with Crippen LogP contribution in [0.5, 0.6) is 0 Å². The van der Waals surface area contributed by atoms with Gasteiger partial charge < -0.3 is 9.84 Å². The lowest BCUT2D eigenvalue weighted by Crippen LogP contribution is -2.46. The summed E-state index contributed by atoms with van der Waals surface area (Å²) in [7, 11) is -4.55. The van der Waals surface area contributed by atoms with Crippen LogP contribution in [-0.4, -0.2) is 56.6 Å². The summed E-state index contributed by atoms with van der Waals surface area (Å²) < 4.78 is 71.4. The first-order valence-corrected chi connectivity index (χ1v) is 16.3. The fraction of sp³-hybridized carbons (Fsp3) is 0.533. The van der Waals surface area contributed by atoms with Crippen molar-refractivity contribution in [3.05, 3.63) is 70.0 Å². The Balaban J connectivity index is 1.30. The third kappa shape index (κ3) is 7.23. The maximum Gasteiger partial charge on any atom is 0.404 e. The fourth-order valence-corrected chi connectivity index (χ4v) is 7.54. The number of alkyl halides is 3. The number of cyclic esters (lactones) is 1. The molecule has 0 spiro atoms. The molecule has 1 fully saturated rings. The van der Waals surface area contributed by atoms with Crippen molar-refractivity contribution in [1.29, 1.82) is 0 Å². The molecule has 2 atom stereocenters. The zero-order valence-corrected chi connectivity index (χ0v) is 25.6. The average Bonchev–Trinajstić information content (AvgIpc) is 3.59. The number of hydrogen-bond acceptors (Lipinski definition) is 8. The molecular weight excluding hydrogens is 599 g/mol. The summed E-state index contributed by atoms with van der Waals surface area (Å²) in [5.74, 6) is -1.70. The standard InChI is InChI=1S/C30H36F3N5O5S/c1-18-14-19(2)38-28(34-18)35-26(36-38)15-24-25(39)16-29(43-27(24)40,23-6-4-5-7-23)13-12-21-8-10-22(11-9-21)20(3)37-44(41,42)17-30(31,32)33/h8-11,14,20,23,37,39H,4-7,12-13,15-17H2,1-3H3/t20-,29?/m1/s1. The topological polar surface area (TPSA) is 136 Å². The minimum absolute atomic E-state index is 0.0135. The molecule has 0 amide bonds. The van der Waals surface area contributed by atoms with Crippen LogP contribution in [0.2, 0.25) is 0 Å². The molecular formula is C30H36F3N5O5S. The summed E-state index contributed by atoms with van der Waals surface area (Å²) in [5, 5.41) is 15.7. The lowest BCUT2D eigenvalue weighted by molar-refractivity contribution is -0.167. The Kier molecular flexibility index (Phi) is 8.78. The van der Waals surface area contributed by atoms with Crippen molar-refractivity contribution < 1.29 is 36.2 Å². The molecule has 1 aliphatic heterocycles. The van der Waals surface area contributed by atoms with Crippen LogP contribution in [0.1, 0.15) is 79.8 Å². The highest BCUT2D eigenvalue weighted by atomic mass is 32.2. The number of hydrogen-bond donors (Lipinski definition) is 2. The highest BCUT2D eigenvalue weighted by molar-refractivity contribution is 7.89. The predicted molar refractivity (Wildman–Crippen MR) is 155 cm³/mol. The molecule has 2 aromatic heterocycles. The van der Waals surface area contributed by atoms with Gasteiger partial charge in [-0.3, -0.25) is 0 Å². The third-order valence-electron chi connectivity index (χ3n) is 8.48. The Bertz CT molecular complexity index is 1680. The molecule has 238 valence electrons. The second-order valence-corrected chi connectivity index (χ2v) is 13.7. The van der Waals surface area contributed by atoms with E-state index in [4.69, 9.17) is 4.74 Å². The van der Waals surface area contributed by atoms with Crippen molar-refractivity contribution in [3.8, 4) is 0 Å². The van der Waals surface area contributed by atoms with Crippen LogP contribution in [0.3, 0.4) is 0 Å². The smallest absolute Gasteiger partial charge is 0.404 e. The van der Waals surface area contributed by atoms with Gasteiger partial charge in [0.2, 0.25) is 10.0 Å². The number of carbonyl (C=O) groups excluding carboxylic acids is 1. The van der Waals surface area contributed by atoms with Gasteiger partial charge in [-0.1, -0.05) is 37.1 Å². The molecule has 3 aromatic rings. The van der Waals surface area contributed by atoms with E-state index in [-0.39, 0.29) is 30.1 Å². The van der Waals surface area contributed by atoms with Gasteiger partial charge in [-0.15, -0.1) is 5.10 Å². The number of esters is 1. The number of aromatic nitrogens is 4. The molecule has 44 heavy (non-hydrogen) atoms. The molecule has 0 saturated heterocycles. The van der Waals surface area contributed by atoms with Gasteiger partial charge in [0, 0.05) is 30.3 Å². The summed E-state index contributed by atoms with van der Waals surface area (Å²) in [5.41, 5.74) is 2.29. The van der Waals surface area contributed by atoms with E-state index in [0.29, 0.717) is 30.0 Å². The maximum atomic E-state index is 13.4. The van der Waals surface area contributed by atoms with Gasteiger partial charge in [0.25, 0.3) is 5.78 Å². The first-order valence-electron chi connectivity index (χ1n) is 14.6. The average molecular weight is 636 g/mol. The maximum absolute atomic E-state index is 13.4. The number of ether oxygens (including phenoxy) is 1. The number of carbonyl (C=O) groups is 1. The largest absolute Gasteiger partial charge is 0.512 e. The van der Waals surface area contributed by atoms with E-state index < -0.39 is 39.6 Å². The van der Waals surface area contributed by atoms with Gasteiger partial charge in [-0.25, -0.2) is 27.4 Å². The van der Waals surface area contributed by atoms with Crippen molar-refractivity contribution in [2.75, 3.05) is 5.75 Å². The van der Waals surface area contributed by atoms with Crippen molar-refractivity contribution in [1.82, 2.24) is 24.3 Å². The Morgan fingerprint density at radius 1 is 1.16 bits per heavy atom. The molecule has 10 nitrogen and oxygen atoms in total. The second-order valence-electron chi connectivity index (χ2n) is 11.9. The zero-order valence-electron chi connectivity index (χ0n) is 24.8. The predicted octanol–water partition coefficient (Wildman–Crippen LogP) is 5.15. The Morgan fingerprint density at radius 3 is 2.48 bits per heavy atom. The highest BCUT2D eigenvalue weighted by Crippen LogP contribution is 2.46. The summed E-state index contributed by atoms with van der Waals surface area (Å²) in [6.07, 6.45) is 0.105. The summed E-state index contributed by atoms with van der Waals surface area (Å²) in [6, 6.07) is 7.92. The number of fused-ring (bicyclic) bond motifs is 1. The van der Waals surface area contributed by atoms with Gasteiger partial charge in [0.1, 0.15) is 11.4 Å². The quantitative estimate of drug-likeness (QED) is 0.292. The number of nitrogens with one attached hydrogen (secondary N) is 1. The lowest BCUT2D eigenvalue weighted by atomic mass is 9.76. The van der Waals surface area contributed by atoms with E-state index in [1.807, 2.05) is 19.9 Å². The molecule has 0 bridgehead atoms. The molecule has 3 heterocycles. The summed E-state index contributed by atoms with van der Waals surface area (Å²) in [6.45, 7) is 5.22.